The van der Waals surface area contributed by atoms with Crippen LogP contribution >= 0.6 is 0 Å². The molecule has 0 saturated carbocycles. The zero-order chi connectivity index (χ0) is 16.5. The van der Waals surface area contributed by atoms with Crippen LogP contribution in [0.1, 0.15) is 6.92 Å². The van der Waals surface area contributed by atoms with E-state index in [2.05, 4.69) is 26.9 Å². The highest BCUT2D eigenvalue weighted by Gasteiger charge is 2.16. The first-order valence-corrected chi connectivity index (χ1v) is 8.39. The minimum absolute atomic E-state index is 0.192. The Balaban J connectivity index is 1.74. The summed E-state index contributed by atoms with van der Waals surface area (Å²) >= 11 is 0. The van der Waals surface area contributed by atoms with E-state index in [1.54, 1.807) is 6.20 Å². The molecular formula is C16H27N5O2. The maximum Gasteiger partial charge on any atom is 0.263 e. The molecule has 7 nitrogen and oxygen atoms in total. The highest BCUT2D eigenvalue weighted by Crippen LogP contribution is 2.05. The standard InChI is InChI=1S/C16H27N5O2/c1-2-19-5-7-21(8-6-19)14-15(13-17)16(22)18-3-4-20-9-11-23-12-10-20/h14H,2-12H2,1H3,(H,18,22)/b15-14-. The maximum atomic E-state index is 12.1. The van der Waals surface area contributed by atoms with Crippen molar-refractivity contribution >= 4 is 5.91 Å². The van der Waals surface area contributed by atoms with Crippen LogP contribution in [0.4, 0.5) is 0 Å². The van der Waals surface area contributed by atoms with Crippen LogP contribution in [0.15, 0.2) is 11.8 Å². The molecule has 0 atom stereocenters. The van der Waals surface area contributed by atoms with Crippen molar-refractivity contribution in [2.75, 3.05) is 72.1 Å². The summed E-state index contributed by atoms with van der Waals surface area (Å²) in [5, 5.41) is 12.1. The monoisotopic (exact) mass is 321 g/mol. The average Bonchev–Trinajstić information content (AvgIpc) is 2.61. The van der Waals surface area contributed by atoms with Crippen LogP contribution in [0.3, 0.4) is 0 Å². The smallest absolute Gasteiger partial charge is 0.263 e. The molecule has 1 amide bonds. The predicted octanol–water partition coefficient (Wildman–Crippen LogP) is -0.520. The summed E-state index contributed by atoms with van der Waals surface area (Å²) in [7, 11) is 0. The fourth-order valence-corrected chi connectivity index (χ4v) is 2.78. The van der Waals surface area contributed by atoms with Crippen LogP contribution in [0.2, 0.25) is 0 Å². The normalized spacial score (nSPS) is 21.0. The summed E-state index contributed by atoms with van der Waals surface area (Å²) in [4.78, 5) is 18.8. The molecule has 0 spiro atoms. The molecule has 23 heavy (non-hydrogen) atoms. The molecule has 0 unspecified atom stereocenters. The lowest BCUT2D eigenvalue weighted by molar-refractivity contribution is -0.117. The molecular weight excluding hydrogens is 294 g/mol. The highest BCUT2D eigenvalue weighted by atomic mass is 16.5. The van der Waals surface area contributed by atoms with E-state index in [1.165, 1.54) is 0 Å². The minimum atomic E-state index is -0.279. The number of carbonyl (C=O) groups is 1. The predicted molar refractivity (Wildman–Crippen MR) is 87.7 cm³/mol. The number of likely N-dealkylation sites (N-methyl/N-ethyl adjacent to an activating group) is 1. The maximum absolute atomic E-state index is 12.1. The van der Waals surface area contributed by atoms with E-state index >= 15 is 0 Å². The van der Waals surface area contributed by atoms with Gasteiger partial charge in [0, 0.05) is 58.6 Å². The number of piperazine rings is 1. The summed E-state index contributed by atoms with van der Waals surface area (Å²) in [6, 6.07) is 2.02. The van der Waals surface area contributed by atoms with E-state index in [9.17, 15) is 10.1 Å². The number of hydrogen-bond acceptors (Lipinski definition) is 6. The quantitative estimate of drug-likeness (QED) is 0.524. The lowest BCUT2D eigenvalue weighted by Crippen LogP contribution is -2.44. The number of morpholine rings is 1. The van der Waals surface area contributed by atoms with Crippen LogP contribution in [0, 0.1) is 11.3 Å². The molecule has 2 heterocycles. The molecule has 2 aliphatic heterocycles. The van der Waals surface area contributed by atoms with Gasteiger partial charge in [-0.15, -0.1) is 0 Å². The lowest BCUT2D eigenvalue weighted by Gasteiger charge is -2.33. The summed E-state index contributed by atoms with van der Waals surface area (Å²) in [6.07, 6.45) is 1.71. The molecule has 0 bridgehead atoms. The van der Waals surface area contributed by atoms with Crippen molar-refractivity contribution < 1.29 is 9.53 Å². The lowest BCUT2D eigenvalue weighted by atomic mass is 10.2. The van der Waals surface area contributed by atoms with Crippen molar-refractivity contribution in [2.45, 2.75) is 6.92 Å². The number of nitrogens with zero attached hydrogens (tertiary/aromatic N) is 4. The third-order valence-electron chi connectivity index (χ3n) is 4.35. The van der Waals surface area contributed by atoms with Crippen molar-refractivity contribution in [3.8, 4) is 6.07 Å². The Kier molecular flexibility index (Phi) is 7.33. The number of rotatable bonds is 6. The van der Waals surface area contributed by atoms with E-state index < -0.39 is 0 Å². The van der Waals surface area contributed by atoms with E-state index in [1.807, 2.05) is 6.07 Å². The van der Waals surface area contributed by atoms with Gasteiger partial charge >= 0.3 is 0 Å². The number of amides is 1. The van der Waals surface area contributed by atoms with Gasteiger partial charge in [-0.1, -0.05) is 6.92 Å². The largest absolute Gasteiger partial charge is 0.379 e. The van der Waals surface area contributed by atoms with E-state index in [0.29, 0.717) is 6.54 Å². The van der Waals surface area contributed by atoms with Gasteiger partial charge in [0.05, 0.1) is 13.2 Å². The molecule has 0 aliphatic carbocycles. The molecule has 2 rings (SSSR count). The van der Waals surface area contributed by atoms with Crippen LogP contribution in [0.25, 0.3) is 0 Å². The second-order valence-corrected chi connectivity index (χ2v) is 5.83. The van der Waals surface area contributed by atoms with Crippen LogP contribution < -0.4 is 5.32 Å². The summed E-state index contributed by atoms with van der Waals surface area (Å²) < 4.78 is 5.29. The fraction of sp³-hybridized carbons (Fsp3) is 0.750. The average molecular weight is 321 g/mol. The number of nitriles is 1. The van der Waals surface area contributed by atoms with Crippen molar-refractivity contribution in [1.29, 1.82) is 5.26 Å². The molecule has 0 radical (unpaired) electrons. The van der Waals surface area contributed by atoms with Gasteiger partial charge in [0.15, 0.2) is 0 Å². The molecule has 128 valence electrons. The van der Waals surface area contributed by atoms with Crippen LogP contribution in [-0.4, -0.2) is 92.7 Å². The van der Waals surface area contributed by atoms with E-state index in [-0.39, 0.29) is 11.5 Å². The minimum Gasteiger partial charge on any atom is -0.379 e. The summed E-state index contributed by atoms with van der Waals surface area (Å²) in [5.41, 5.74) is 0.192. The first-order valence-electron chi connectivity index (χ1n) is 8.39. The van der Waals surface area contributed by atoms with Crippen LogP contribution in [-0.2, 0) is 9.53 Å². The van der Waals surface area contributed by atoms with Crippen molar-refractivity contribution in [3.05, 3.63) is 11.8 Å². The Morgan fingerprint density at radius 1 is 1.17 bits per heavy atom. The number of hydrogen-bond donors (Lipinski definition) is 1. The third kappa shape index (κ3) is 5.82. The number of nitrogens with one attached hydrogen (secondary N) is 1. The zero-order valence-electron chi connectivity index (χ0n) is 14.0. The van der Waals surface area contributed by atoms with Gasteiger partial charge in [-0.3, -0.25) is 9.69 Å². The van der Waals surface area contributed by atoms with Crippen LogP contribution in [0.5, 0.6) is 0 Å². The van der Waals surface area contributed by atoms with Gasteiger partial charge in [-0.2, -0.15) is 5.26 Å². The van der Waals surface area contributed by atoms with Crippen molar-refractivity contribution in [3.63, 3.8) is 0 Å². The first kappa shape index (κ1) is 17.7. The molecule has 7 heteroatoms. The van der Waals surface area contributed by atoms with Gasteiger partial charge in [0.2, 0.25) is 0 Å². The van der Waals surface area contributed by atoms with Gasteiger partial charge in [-0.05, 0) is 6.54 Å². The Morgan fingerprint density at radius 3 is 2.48 bits per heavy atom. The van der Waals surface area contributed by atoms with Gasteiger partial charge in [-0.25, -0.2) is 0 Å². The second-order valence-electron chi connectivity index (χ2n) is 5.83. The van der Waals surface area contributed by atoms with E-state index in [0.717, 1.165) is 65.6 Å². The van der Waals surface area contributed by atoms with Crippen molar-refractivity contribution in [2.24, 2.45) is 0 Å². The topological polar surface area (TPSA) is 71.8 Å². The van der Waals surface area contributed by atoms with E-state index in [4.69, 9.17) is 4.74 Å². The Bertz CT molecular complexity index is 446. The zero-order valence-corrected chi connectivity index (χ0v) is 14.0. The van der Waals surface area contributed by atoms with Gasteiger partial charge in [0.1, 0.15) is 11.6 Å². The highest BCUT2D eigenvalue weighted by molar-refractivity contribution is 5.97. The SMILES string of the molecule is CCN1CCN(/C=C(/C#N)C(=O)NCCN2CCOCC2)CC1. The Hall–Kier alpha value is -1.62. The Labute approximate surface area is 138 Å². The van der Waals surface area contributed by atoms with Gasteiger partial charge in [0.25, 0.3) is 5.91 Å². The Morgan fingerprint density at radius 2 is 1.87 bits per heavy atom. The number of ether oxygens (including phenoxy) is 1. The van der Waals surface area contributed by atoms with Crippen molar-refractivity contribution in [1.82, 2.24) is 20.0 Å². The second kappa shape index (κ2) is 9.50. The number of carbonyl (C=O) groups excluding carboxylic acids is 1. The first-order chi connectivity index (χ1) is 11.2. The molecule has 0 aromatic heterocycles. The fourth-order valence-electron chi connectivity index (χ4n) is 2.78. The molecule has 2 saturated heterocycles. The van der Waals surface area contributed by atoms with Gasteiger partial charge < -0.3 is 19.9 Å². The molecule has 2 aliphatic rings. The molecule has 0 aromatic carbocycles. The summed E-state index contributed by atoms with van der Waals surface area (Å²) in [6.45, 7) is 11.5. The molecule has 1 N–H and O–H groups in total. The summed E-state index contributed by atoms with van der Waals surface area (Å²) in [5.74, 6) is -0.279. The third-order valence-corrected chi connectivity index (χ3v) is 4.35. The molecule has 0 aromatic rings. The molecule has 2 fully saturated rings.